The van der Waals surface area contributed by atoms with Crippen LogP contribution in [0.25, 0.3) is 0 Å². The summed E-state index contributed by atoms with van der Waals surface area (Å²) in [6.45, 7) is 0.235. The minimum Gasteiger partial charge on any atom is -0.507 e. The molecule has 1 rings (SSSR count). The molecular formula is C9H13NO3. The molecule has 4 heteroatoms. The van der Waals surface area contributed by atoms with Crippen LogP contribution in [-0.4, -0.2) is 19.3 Å². The van der Waals surface area contributed by atoms with Crippen LogP contribution in [0.2, 0.25) is 0 Å². The number of phenols is 1. The van der Waals surface area contributed by atoms with Gasteiger partial charge in [0.1, 0.15) is 17.2 Å². The van der Waals surface area contributed by atoms with Crippen molar-refractivity contribution in [1.82, 2.24) is 0 Å². The third kappa shape index (κ3) is 1.84. The zero-order chi connectivity index (χ0) is 9.84. The molecule has 0 radical (unpaired) electrons. The summed E-state index contributed by atoms with van der Waals surface area (Å²) in [4.78, 5) is 0. The topological polar surface area (TPSA) is 64.7 Å². The number of hydrogen-bond acceptors (Lipinski definition) is 4. The minimum atomic E-state index is 0.0960. The molecule has 3 N–H and O–H groups in total. The van der Waals surface area contributed by atoms with Gasteiger partial charge < -0.3 is 20.3 Å². The van der Waals surface area contributed by atoms with Gasteiger partial charge in [-0.2, -0.15) is 0 Å². The summed E-state index contributed by atoms with van der Waals surface area (Å²) < 4.78 is 10.00. The molecule has 0 aromatic heterocycles. The lowest BCUT2D eigenvalue weighted by atomic mass is 10.1. The molecule has 0 saturated heterocycles. The Morgan fingerprint density at radius 2 is 2.00 bits per heavy atom. The molecule has 4 nitrogen and oxygen atoms in total. The zero-order valence-corrected chi connectivity index (χ0v) is 7.70. The Labute approximate surface area is 76.9 Å². The van der Waals surface area contributed by atoms with E-state index in [1.807, 2.05) is 0 Å². The van der Waals surface area contributed by atoms with Crippen molar-refractivity contribution >= 4 is 0 Å². The lowest BCUT2D eigenvalue weighted by molar-refractivity contribution is 0.379. The van der Waals surface area contributed by atoms with Crippen molar-refractivity contribution in [2.45, 2.75) is 6.54 Å². The first-order chi connectivity index (χ1) is 6.22. The van der Waals surface area contributed by atoms with Gasteiger partial charge in [0.25, 0.3) is 0 Å². The average molecular weight is 183 g/mol. The van der Waals surface area contributed by atoms with Crippen molar-refractivity contribution in [3.63, 3.8) is 0 Å². The third-order valence-electron chi connectivity index (χ3n) is 1.82. The summed E-state index contributed by atoms with van der Waals surface area (Å²) in [7, 11) is 3.05. The van der Waals surface area contributed by atoms with E-state index in [0.29, 0.717) is 17.1 Å². The summed E-state index contributed by atoms with van der Waals surface area (Å²) in [6.07, 6.45) is 0. The monoisotopic (exact) mass is 183 g/mol. The Hall–Kier alpha value is -1.42. The normalized spacial score (nSPS) is 9.77. The number of ether oxygens (including phenoxy) is 2. The number of hydrogen-bond donors (Lipinski definition) is 2. The largest absolute Gasteiger partial charge is 0.507 e. The fraction of sp³-hybridized carbons (Fsp3) is 0.333. The fourth-order valence-corrected chi connectivity index (χ4v) is 1.11. The van der Waals surface area contributed by atoms with Gasteiger partial charge in [0.05, 0.1) is 14.2 Å². The van der Waals surface area contributed by atoms with E-state index >= 15 is 0 Å². The van der Waals surface area contributed by atoms with Crippen molar-refractivity contribution < 1.29 is 14.6 Å². The van der Waals surface area contributed by atoms with E-state index in [2.05, 4.69) is 0 Å². The molecule has 72 valence electrons. The van der Waals surface area contributed by atoms with E-state index < -0.39 is 0 Å². The maximum atomic E-state index is 9.49. The fourth-order valence-electron chi connectivity index (χ4n) is 1.11. The number of methoxy groups -OCH3 is 2. The molecule has 0 amide bonds. The molecule has 0 atom stereocenters. The Balaban J connectivity index is 3.20. The summed E-state index contributed by atoms with van der Waals surface area (Å²) in [5.74, 6) is 1.18. The standard InChI is InChI=1S/C9H13NO3/c1-12-6-3-8(11)7(5-10)9(4-6)13-2/h3-4,11H,5,10H2,1-2H3. The van der Waals surface area contributed by atoms with Crippen LogP contribution in [-0.2, 0) is 6.54 Å². The van der Waals surface area contributed by atoms with E-state index in [9.17, 15) is 5.11 Å². The Bertz CT molecular complexity index is 299. The maximum absolute atomic E-state index is 9.49. The number of benzene rings is 1. The van der Waals surface area contributed by atoms with Crippen molar-refractivity contribution in [3.05, 3.63) is 17.7 Å². The van der Waals surface area contributed by atoms with Crippen LogP contribution in [0.15, 0.2) is 12.1 Å². The quantitative estimate of drug-likeness (QED) is 0.729. The van der Waals surface area contributed by atoms with Crippen LogP contribution < -0.4 is 15.2 Å². The van der Waals surface area contributed by atoms with Crippen LogP contribution in [0.3, 0.4) is 0 Å². The summed E-state index contributed by atoms with van der Waals surface area (Å²) in [5.41, 5.74) is 6.02. The average Bonchev–Trinajstić information content (AvgIpc) is 2.16. The molecule has 0 aliphatic carbocycles. The second kappa shape index (κ2) is 4.00. The lowest BCUT2D eigenvalue weighted by Crippen LogP contribution is -2.00. The van der Waals surface area contributed by atoms with E-state index in [1.54, 1.807) is 6.07 Å². The molecule has 13 heavy (non-hydrogen) atoms. The molecule has 1 aromatic carbocycles. The first-order valence-corrected chi connectivity index (χ1v) is 3.86. The molecule has 0 fully saturated rings. The van der Waals surface area contributed by atoms with Gasteiger partial charge in [0.15, 0.2) is 0 Å². The molecule has 1 aromatic rings. The predicted molar refractivity (Wildman–Crippen MR) is 49.1 cm³/mol. The van der Waals surface area contributed by atoms with Gasteiger partial charge in [-0.05, 0) is 0 Å². The minimum absolute atomic E-state index is 0.0960. The Kier molecular flexibility index (Phi) is 2.97. The van der Waals surface area contributed by atoms with Gasteiger partial charge in [-0.25, -0.2) is 0 Å². The van der Waals surface area contributed by atoms with Crippen molar-refractivity contribution in [3.8, 4) is 17.2 Å². The van der Waals surface area contributed by atoms with Crippen LogP contribution in [0.4, 0.5) is 0 Å². The molecule has 0 saturated carbocycles. The molecule has 0 aliphatic heterocycles. The Morgan fingerprint density at radius 3 is 2.46 bits per heavy atom. The molecule has 0 heterocycles. The number of aromatic hydroxyl groups is 1. The van der Waals surface area contributed by atoms with Gasteiger partial charge in [-0.15, -0.1) is 0 Å². The lowest BCUT2D eigenvalue weighted by Gasteiger charge is -2.10. The third-order valence-corrected chi connectivity index (χ3v) is 1.82. The second-order valence-electron chi connectivity index (χ2n) is 2.53. The summed E-state index contributed by atoms with van der Waals surface area (Å²) in [6, 6.07) is 3.19. The van der Waals surface area contributed by atoms with E-state index in [-0.39, 0.29) is 12.3 Å². The van der Waals surface area contributed by atoms with Gasteiger partial charge in [-0.3, -0.25) is 0 Å². The number of rotatable bonds is 3. The highest BCUT2D eigenvalue weighted by Crippen LogP contribution is 2.32. The Morgan fingerprint density at radius 1 is 1.31 bits per heavy atom. The van der Waals surface area contributed by atoms with Crippen LogP contribution in [0.1, 0.15) is 5.56 Å². The van der Waals surface area contributed by atoms with E-state index in [1.165, 1.54) is 20.3 Å². The van der Waals surface area contributed by atoms with Gasteiger partial charge in [0, 0.05) is 24.2 Å². The number of phenolic OH excluding ortho intramolecular Hbond substituents is 1. The van der Waals surface area contributed by atoms with Crippen LogP contribution >= 0.6 is 0 Å². The highest BCUT2D eigenvalue weighted by molar-refractivity contribution is 5.49. The zero-order valence-electron chi connectivity index (χ0n) is 7.70. The van der Waals surface area contributed by atoms with E-state index in [4.69, 9.17) is 15.2 Å². The smallest absolute Gasteiger partial charge is 0.130 e. The highest BCUT2D eigenvalue weighted by Gasteiger charge is 2.09. The molecular weight excluding hydrogens is 170 g/mol. The van der Waals surface area contributed by atoms with Crippen molar-refractivity contribution in [1.29, 1.82) is 0 Å². The summed E-state index contributed by atoms with van der Waals surface area (Å²) >= 11 is 0. The van der Waals surface area contributed by atoms with Crippen molar-refractivity contribution in [2.75, 3.05) is 14.2 Å². The molecule has 0 unspecified atom stereocenters. The maximum Gasteiger partial charge on any atom is 0.130 e. The molecule has 0 aliphatic rings. The second-order valence-corrected chi connectivity index (χ2v) is 2.53. The first-order valence-electron chi connectivity index (χ1n) is 3.86. The van der Waals surface area contributed by atoms with Crippen molar-refractivity contribution in [2.24, 2.45) is 5.73 Å². The predicted octanol–water partition coefficient (Wildman–Crippen LogP) is 0.868. The van der Waals surface area contributed by atoms with Crippen LogP contribution in [0, 0.1) is 0 Å². The number of nitrogens with two attached hydrogens (primary N) is 1. The van der Waals surface area contributed by atoms with Gasteiger partial charge in [-0.1, -0.05) is 0 Å². The van der Waals surface area contributed by atoms with Gasteiger partial charge in [0.2, 0.25) is 0 Å². The van der Waals surface area contributed by atoms with Gasteiger partial charge >= 0.3 is 0 Å². The van der Waals surface area contributed by atoms with Crippen LogP contribution in [0.5, 0.6) is 17.2 Å². The molecule has 0 bridgehead atoms. The first kappa shape index (κ1) is 9.67. The van der Waals surface area contributed by atoms with E-state index in [0.717, 1.165) is 0 Å². The SMILES string of the molecule is COc1cc(O)c(CN)c(OC)c1. The highest BCUT2D eigenvalue weighted by atomic mass is 16.5. The molecule has 0 spiro atoms. The summed E-state index contributed by atoms with van der Waals surface area (Å²) in [5, 5.41) is 9.49.